The number of sulfone groups is 1. The predicted molar refractivity (Wildman–Crippen MR) is 105 cm³/mol. The number of rotatable bonds is 8. The second-order valence-electron chi connectivity index (χ2n) is 6.28. The first-order valence-corrected chi connectivity index (χ1v) is 11.1. The van der Waals surface area contributed by atoms with Crippen LogP contribution < -0.4 is 4.90 Å². The number of benzene rings is 1. The van der Waals surface area contributed by atoms with E-state index in [4.69, 9.17) is 27.9 Å². The number of ether oxygens (including phenoxy) is 1. The lowest BCUT2D eigenvalue weighted by Gasteiger charge is -2.24. The number of hydrogen-bond donors (Lipinski definition) is 0. The Hall–Kier alpha value is -0.530. The van der Waals surface area contributed by atoms with Crippen LogP contribution in [-0.4, -0.2) is 71.3 Å². The minimum Gasteiger partial charge on any atom is -0.384 e. The third-order valence-corrected chi connectivity index (χ3v) is 6.82. The van der Waals surface area contributed by atoms with E-state index in [0.717, 1.165) is 44.8 Å². The quantitative estimate of drug-likeness (QED) is 0.661. The molecular weight excluding hydrogens is 383 g/mol. The molecule has 1 aromatic rings. The zero-order chi connectivity index (χ0) is 18.3. The van der Waals surface area contributed by atoms with Crippen LogP contribution in [0.25, 0.3) is 0 Å². The predicted octanol–water partition coefficient (Wildman–Crippen LogP) is 2.96. The van der Waals surface area contributed by atoms with E-state index in [1.54, 1.807) is 0 Å². The Morgan fingerprint density at radius 1 is 1.08 bits per heavy atom. The van der Waals surface area contributed by atoms with Crippen LogP contribution in [0.4, 0.5) is 5.69 Å². The summed E-state index contributed by atoms with van der Waals surface area (Å²) in [5, 5.41) is 1.14. The smallest absolute Gasteiger partial charge is 0.152 e. The summed E-state index contributed by atoms with van der Waals surface area (Å²) in [6, 6.07) is 5.72. The van der Waals surface area contributed by atoms with Gasteiger partial charge in [-0.05, 0) is 44.1 Å². The summed E-state index contributed by atoms with van der Waals surface area (Å²) >= 11 is 12.1. The van der Waals surface area contributed by atoms with Crippen molar-refractivity contribution < 1.29 is 13.2 Å². The standard InChI is InChI=1S/C17H26Cl2N2O3S/c1-24-11-13-25(22,23)12-3-7-20-6-2-8-21(10-9-20)15-4-5-16(18)17(19)14-15/h4-5,14H,2-3,6-13H2,1H3. The third-order valence-electron chi connectivity index (χ3n) is 4.38. The number of nitrogens with zero attached hydrogens (tertiary/aromatic N) is 2. The molecule has 1 saturated heterocycles. The average molecular weight is 409 g/mol. The molecule has 0 bridgehead atoms. The fraction of sp³-hybridized carbons (Fsp3) is 0.647. The average Bonchev–Trinajstić information content (AvgIpc) is 2.81. The molecule has 8 heteroatoms. The maximum absolute atomic E-state index is 11.9. The maximum atomic E-state index is 11.9. The van der Waals surface area contributed by atoms with E-state index in [2.05, 4.69) is 9.80 Å². The molecule has 1 fully saturated rings. The second-order valence-corrected chi connectivity index (χ2v) is 9.40. The van der Waals surface area contributed by atoms with Gasteiger partial charge in [-0.25, -0.2) is 8.42 Å². The zero-order valence-electron chi connectivity index (χ0n) is 14.6. The molecule has 2 rings (SSSR count). The summed E-state index contributed by atoms with van der Waals surface area (Å²) in [6.07, 6.45) is 1.70. The summed E-state index contributed by atoms with van der Waals surface area (Å²) in [7, 11) is -1.49. The van der Waals surface area contributed by atoms with Crippen molar-refractivity contribution in [3.63, 3.8) is 0 Å². The van der Waals surface area contributed by atoms with Crippen LogP contribution in [0, 0.1) is 0 Å². The van der Waals surface area contributed by atoms with Gasteiger partial charge in [0.15, 0.2) is 9.84 Å². The number of anilines is 1. The maximum Gasteiger partial charge on any atom is 0.152 e. The molecule has 25 heavy (non-hydrogen) atoms. The van der Waals surface area contributed by atoms with Crippen molar-refractivity contribution in [3.8, 4) is 0 Å². The van der Waals surface area contributed by atoms with Gasteiger partial charge in [-0.15, -0.1) is 0 Å². The molecule has 142 valence electrons. The first kappa shape index (κ1) is 20.8. The molecule has 0 unspecified atom stereocenters. The lowest BCUT2D eigenvalue weighted by molar-refractivity contribution is 0.217. The lowest BCUT2D eigenvalue weighted by atomic mass is 10.2. The highest BCUT2D eigenvalue weighted by Gasteiger charge is 2.17. The van der Waals surface area contributed by atoms with E-state index >= 15 is 0 Å². The van der Waals surface area contributed by atoms with Gasteiger partial charge < -0.3 is 14.5 Å². The molecule has 0 aliphatic carbocycles. The molecule has 0 radical (unpaired) electrons. The van der Waals surface area contributed by atoms with Crippen molar-refractivity contribution in [2.45, 2.75) is 12.8 Å². The van der Waals surface area contributed by atoms with E-state index in [0.29, 0.717) is 16.5 Å². The van der Waals surface area contributed by atoms with Gasteiger partial charge in [-0.3, -0.25) is 0 Å². The fourth-order valence-electron chi connectivity index (χ4n) is 2.95. The lowest BCUT2D eigenvalue weighted by Crippen LogP contribution is -2.32. The summed E-state index contributed by atoms with van der Waals surface area (Å²) in [6.45, 7) is 4.83. The molecule has 5 nitrogen and oxygen atoms in total. The van der Waals surface area contributed by atoms with Crippen LogP contribution in [0.2, 0.25) is 10.0 Å². The van der Waals surface area contributed by atoms with Crippen LogP contribution in [0.15, 0.2) is 18.2 Å². The first-order valence-electron chi connectivity index (χ1n) is 8.53. The Labute approximate surface area is 160 Å². The van der Waals surface area contributed by atoms with Crippen LogP contribution in [-0.2, 0) is 14.6 Å². The van der Waals surface area contributed by atoms with Gasteiger partial charge in [0.2, 0.25) is 0 Å². The first-order chi connectivity index (χ1) is 11.9. The van der Waals surface area contributed by atoms with E-state index in [1.165, 1.54) is 7.11 Å². The molecule has 1 aliphatic heterocycles. The molecule has 0 N–H and O–H groups in total. The second kappa shape index (κ2) is 9.97. The Balaban J connectivity index is 1.80. The SMILES string of the molecule is COCCS(=O)(=O)CCCN1CCCN(c2ccc(Cl)c(Cl)c2)CC1. The molecule has 0 amide bonds. The normalized spacial score (nSPS) is 16.8. The van der Waals surface area contributed by atoms with Gasteiger partial charge in [0.05, 0.1) is 28.2 Å². The van der Waals surface area contributed by atoms with Crippen molar-refractivity contribution in [1.29, 1.82) is 0 Å². The van der Waals surface area contributed by atoms with Crippen molar-refractivity contribution >= 4 is 38.7 Å². The zero-order valence-corrected chi connectivity index (χ0v) is 16.9. The Kier molecular flexibility index (Phi) is 8.29. The van der Waals surface area contributed by atoms with Gasteiger partial charge >= 0.3 is 0 Å². The van der Waals surface area contributed by atoms with Crippen molar-refractivity contribution in [2.75, 3.05) is 62.8 Å². The largest absolute Gasteiger partial charge is 0.384 e. The van der Waals surface area contributed by atoms with Gasteiger partial charge in [0, 0.05) is 32.4 Å². The molecule has 0 aromatic heterocycles. The summed E-state index contributed by atoms with van der Waals surface area (Å²) in [5.41, 5.74) is 1.08. The molecule has 0 saturated carbocycles. The highest BCUT2D eigenvalue weighted by Crippen LogP contribution is 2.27. The molecule has 1 aliphatic rings. The monoisotopic (exact) mass is 408 g/mol. The van der Waals surface area contributed by atoms with E-state index < -0.39 is 9.84 Å². The molecular formula is C17H26Cl2N2O3S. The molecule has 1 aromatic carbocycles. The van der Waals surface area contributed by atoms with Crippen molar-refractivity contribution in [3.05, 3.63) is 28.2 Å². The van der Waals surface area contributed by atoms with E-state index in [-0.39, 0.29) is 18.1 Å². The summed E-state index contributed by atoms with van der Waals surface area (Å²) < 4.78 is 28.6. The Bertz CT molecular complexity index is 655. The van der Waals surface area contributed by atoms with Gasteiger partial charge in [-0.2, -0.15) is 0 Å². The number of halogens is 2. The van der Waals surface area contributed by atoms with Crippen LogP contribution in [0.1, 0.15) is 12.8 Å². The minimum absolute atomic E-state index is 0.106. The van der Waals surface area contributed by atoms with E-state index in [1.807, 2.05) is 18.2 Å². The van der Waals surface area contributed by atoms with Crippen molar-refractivity contribution in [2.24, 2.45) is 0 Å². The van der Waals surface area contributed by atoms with Crippen LogP contribution >= 0.6 is 23.2 Å². The van der Waals surface area contributed by atoms with Crippen molar-refractivity contribution in [1.82, 2.24) is 4.90 Å². The Morgan fingerprint density at radius 3 is 2.60 bits per heavy atom. The number of methoxy groups -OCH3 is 1. The van der Waals surface area contributed by atoms with Crippen LogP contribution in [0.5, 0.6) is 0 Å². The molecule has 1 heterocycles. The summed E-state index contributed by atoms with van der Waals surface area (Å²) in [5.74, 6) is 0.331. The fourth-order valence-corrected chi connectivity index (χ4v) is 4.44. The minimum atomic E-state index is -3.01. The summed E-state index contributed by atoms with van der Waals surface area (Å²) in [4.78, 5) is 4.64. The van der Waals surface area contributed by atoms with Gasteiger partial charge in [-0.1, -0.05) is 23.2 Å². The highest BCUT2D eigenvalue weighted by molar-refractivity contribution is 7.91. The number of hydrogen-bond acceptors (Lipinski definition) is 5. The molecule has 0 spiro atoms. The topological polar surface area (TPSA) is 49.9 Å². The van der Waals surface area contributed by atoms with Crippen LogP contribution in [0.3, 0.4) is 0 Å². The van der Waals surface area contributed by atoms with Gasteiger partial charge in [0.1, 0.15) is 0 Å². The molecule has 0 atom stereocenters. The van der Waals surface area contributed by atoms with E-state index in [9.17, 15) is 8.42 Å². The van der Waals surface area contributed by atoms with Gasteiger partial charge in [0.25, 0.3) is 0 Å². The third kappa shape index (κ3) is 6.94. The highest BCUT2D eigenvalue weighted by atomic mass is 35.5. The Morgan fingerprint density at radius 2 is 1.88 bits per heavy atom.